The minimum atomic E-state index is -1.18. The molecule has 4 heteroatoms. The van der Waals surface area contributed by atoms with Gasteiger partial charge in [-0.3, -0.25) is 0 Å². The zero-order valence-electron chi connectivity index (χ0n) is 7.37. The summed E-state index contributed by atoms with van der Waals surface area (Å²) in [6.07, 6.45) is 1.27. The first-order valence-electron chi connectivity index (χ1n) is 4.10. The Morgan fingerprint density at radius 3 is 2.79 bits per heavy atom. The van der Waals surface area contributed by atoms with Gasteiger partial charge in [0, 0.05) is 6.42 Å². The lowest BCUT2D eigenvalue weighted by atomic mass is 10.0. The summed E-state index contributed by atoms with van der Waals surface area (Å²) in [6, 6.07) is 3.54. The van der Waals surface area contributed by atoms with E-state index in [2.05, 4.69) is 0 Å². The summed E-state index contributed by atoms with van der Waals surface area (Å²) in [6.45, 7) is 0. The van der Waals surface area contributed by atoms with Crippen molar-refractivity contribution in [1.82, 2.24) is 0 Å². The second-order valence-electron chi connectivity index (χ2n) is 2.81. The van der Waals surface area contributed by atoms with Gasteiger partial charge in [0.2, 0.25) is 0 Å². The van der Waals surface area contributed by atoms with Gasteiger partial charge in [0.25, 0.3) is 0 Å². The number of carbonyl (C=O) groups is 2. The molecule has 0 aliphatic carbocycles. The molecular formula is C10H9FO3. The molecule has 1 N–H and O–H groups in total. The summed E-state index contributed by atoms with van der Waals surface area (Å²) >= 11 is 0. The fraction of sp³-hybridized carbons (Fsp3) is 0.200. The first-order chi connectivity index (χ1) is 6.65. The highest BCUT2D eigenvalue weighted by molar-refractivity contribution is 5.89. The monoisotopic (exact) mass is 196 g/mol. The van der Waals surface area contributed by atoms with Gasteiger partial charge < -0.3 is 9.90 Å². The minimum Gasteiger partial charge on any atom is -0.478 e. The number of hydrogen-bond acceptors (Lipinski definition) is 2. The highest BCUT2D eigenvalue weighted by atomic mass is 19.1. The molecule has 0 aromatic heterocycles. The van der Waals surface area contributed by atoms with Gasteiger partial charge in [-0.1, -0.05) is 6.07 Å². The number of carbonyl (C=O) groups excluding carboxylic acids is 1. The predicted molar refractivity (Wildman–Crippen MR) is 47.7 cm³/mol. The van der Waals surface area contributed by atoms with Crippen molar-refractivity contribution in [2.24, 2.45) is 0 Å². The molecule has 0 saturated heterocycles. The molecule has 1 aromatic rings. The topological polar surface area (TPSA) is 54.4 Å². The lowest BCUT2D eigenvalue weighted by Gasteiger charge is -2.03. The molecular weight excluding hydrogens is 187 g/mol. The summed E-state index contributed by atoms with van der Waals surface area (Å²) in [5.41, 5.74) is 0.401. The summed E-state index contributed by atoms with van der Waals surface area (Å²) in [5, 5.41) is 8.73. The third-order valence-corrected chi connectivity index (χ3v) is 1.83. The van der Waals surface area contributed by atoms with Crippen molar-refractivity contribution in [2.75, 3.05) is 0 Å². The highest BCUT2D eigenvalue weighted by Gasteiger charge is 2.10. The van der Waals surface area contributed by atoms with Crippen LogP contribution in [-0.2, 0) is 11.2 Å². The standard InChI is InChI=1S/C10H9FO3/c11-8-4-3-7(2-1-5-12)9(6-8)10(13)14/h3-6H,1-2H2,(H,13,14). The molecule has 0 radical (unpaired) electrons. The van der Waals surface area contributed by atoms with E-state index in [1.54, 1.807) is 0 Å². The van der Waals surface area contributed by atoms with Crippen molar-refractivity contribution in [1.29, 1.82) is 0 Å². The molecule has 3 nitrogen and oxygen atoms in total. The van der Waals surface area contributed by atoms with Crippen LogP contribution in [0.3, 0.4) is 0 Å². The Labute approximate surface area is 80.2 Å². The van der Waals surface area contributed by atoms with Crippen LogP contribution in [0.4, 0.5) is 4.39 Å². The number of carboxylic acids is 1. The van der Waals surface area contributed by atoms with Crippen molar-refractivity contribution in [3.8, 4) is 0 Å². The second-order valence-corrected chi connectivity index (χ2v) is 2.81. The number of hydrogen-bond donors (Lipinski definition) is 1. The van der Waals surface area contributed by atoms with E-state index in [0.29, 0.717) is 18.3 Å². The fourth-order valence-corrected chi connectivity index (χ4v) is 1.18. The van der Waals surface area contributed by atoms with Crippen LogP contribution in [0.5, 0.6) is 0 Å². The van der Waals surface area contributed by atoms with E-state index in [1.807, 2.05) is 0 Å². The number of carboxylic acid groups (broad SMARTS) is 1. The summed E-state index contributed by atoms with van der Waals surface area (Å²) in [5.74, 6) is -1.76. The Bertz CT molecular complexity index is 360. The molecule has 0 fully saturated rings. The average molecular weight is 196 g/mol. The maximum atomic E-state index is 12.7. The normalized spacial score (nSPS) is 9.79. The van der Waals surface area contributed by atoms with Gasteiger partial charge in [-0.25, -0.2) is 9.18 Å². The summed E-state index contributed by atoms with van der Waals surface area (Å²) in [4.78, 5) is 20.8. The molecule has 1 aromatic carbocycles. The smallest absolute Gasteiger partial charge is 0.336 e. The molecule has 0 heterocycles. The first kappa shape index (κ1) is 10.4. The van der Waals surface area contributed by atoms with E-state index in [-0.39, 0.29) is 12.0 Å². The lowest BCUT2D eigenvalue weighted by Crippen LogP contribution is -2.03. The van der Waals surface area contributed by atoms with Crippen LogP contribution in [0.25, 0.3) is 0 Å². The van der Waals surface area contributed by atoms with Gasteiger partial charge in [-0.15, -0.1) is 0 Å². The van der Waals surface area contributed by atoms with Crippen molar-refractivity contribution in [3.63, 3.8) is 0 Å². The van der Waals surface area contributed by atoms with Gasteiger partial charge in [0.15, 0.2) is 0 Å². The van der Waals surface area contributed by atoms with E-state index in [4.69, 9.17) is 5.11 Å². The van der Waals surface area contributed by atoms with Gasteiger partial charge in [-0.05, 0) is 24.1 Å². The quantitative estimate of drug-likeness (QED) is 0.745. The molecule has 0 spiro atoms. The molecule has 0 saturated carbocycles. The van der Waals surface area contributed by atoms with Crippen LogP contribution >= 0.6 is 0 Å². The number of benzene rings is 1. The maximum Gasteiger partial charge on any atom is 0.336 e. The van der Waals surface area contributed by atoms with Crippen LogP contribution in [0.1, 0.15) is 22.3 Å². The molecule has 0 amide bonds. The van der Waals surface area contributed by atoms with Gasteiger partial charge in [0.1, 0.15) is 12.1 Å². The largest absolute Gasteiger partial charge is 0.478 e. The van der Waals surface area contributed by atoms with Gasteiger partial charge >= 0.3 is 5.97 Å². The maximum absolute atomic E-state index is 12.7. The van der Waals surface area contributed by atoms with Crippen LogP contribution in [0.15, 0.2) is 18.2 Å². The Hall–Kier alpha value is -1.71. The van der Waals surface area contributed by atoms with Gasteiger partial charge in [-0.2, -0.15) is 0 Å². The van der Waals surface area contributed by atoms with Gasteiger partial charge in [0.05, 0.1) is 5.56 Å². The van der Waals surface area contributed by atoms with Crippen LogP contribution < -0.4 is 0 Å². The van der Waals surface area contributed by atoms with E-state index in [1.165, 1.54) is 12.1 Å². The molecule has 0 unspecified atom stereocenters. The second kappa shape index (κ2) is 4.50. The van der Waals surface area contributed by atoms with Crippen molar-refractivity contribution < 1.29 is 19.1 Å². The molecule has 0 bridgehead atoms. The van der Waals surface area contributed by atoms with Crippen LogP contribution in [-0.4, -0.2) is 17.4 Å². The number of aromatic carboxylic acids is 1. The van der Waals surface area contributed by atoms with E-state index in [9.17, 15) is 14.0 Å². The minimum absolute atomic E-state index is 0.0770. The predicted octanol–water partition coefficient (Wildman–Crippen LogP) is 1.66. The first-order valence-corrected chi connectivity index (χ1v) is 4.10. The number of rotatable bonds is 4. The molecule has 74 valence electrons. The molecule has 0 atom stereocenters. The van der Waals surface area contributed by atoms with Crippen molar-refractivity contribution in [3.05, 3.63) is 35.1 Å². The van der Waals surface area contributed by atoms with Crippen LogP contribution in [0.2, 0.25) is 0 Å². The van der Waals surface area contributed by atoms with E-state index in [0.717, 1.165) is 6.07 Å². The Kier molecular flexibility index (Phi) is 3.34. The fourth-order valence-electron chi connectivity index (χ4n) is 1.18. The van der Waals surface area contributed by atoms with E-state index < -0.39 is 11.8 Å². The third kappa shape index (κ3) is 2.39. The lowest BCUT2D eigenvalue weighted by molar-refractivity contribution is -0.107. The Balaban J connectivity index is 3.01. The number of halogens is 1. The van der Waals surface area contributed by atoms with E-state index >= 15 is 0 Å². The summed E-state index contributed by atoms with van der Waals surface area (Å²) in [7, 11) is 0. The Morgan fingerprint density at radius 1 is 1.50 bits per heavy atom. The van der Waals surface area contributed by atoms with Crippen molar-refractivity contribution in [2.45, 2.75) is 12.8 Å². The zero-order valence-corrected chi connectivity index (χ0v) is 7.37. The number of aryl methyl sites for hydroxylation is 1. The zero-order chi connectivity index (χ0) is 10.6. The number of aldehydes is 1. The summed E-state index contributed by atoms with van der Waals surface area (Å²) < 4.78 is 12.7. The SMILES string of the molecule is O=CCCc1ccc(F)cc1C(=O)O. The average Bonchev–Trinajstić information content (AvgIpc) is 2.15. The molecule has 0 aliphatic heterocycles. The Morgan fingerprint density at radius 2 is 2.21 bits per heavy atom. The molecule has 0 aliphatic rings. The highest BCUT2D eigenvalue weighted by Crippen LogP contribution is 2.13. The molecule has 1 rings (SSSR count). The van der Waals surface area contributed by atoms with Crippen LogP contribution in [0, 0.1) is 5.82 Å². The molecule has 14 heavy (non-hydrogen) atoms. The van der Waals surface area contributed by atoms with Crippen molar-refractivity contribution >= 4 is 12.3 Å². The third-order valence-electron chi connectivity index (χ3n) is 1.83.